The highest BCUT2D eigenvalue weighted by Crippen LogP contribution is 2.73. The number of aliphatic hydroxyl groups is 8. The van der Waals surface area contributed by atoms with E-state index in [1.54, 1.807) is 0 Å². The lowest BCUT2D eigenvalue weighted by Gasteiger charge is -2.68. The van der Waals surface area contributed by atoms with Crippen LogP contribution in [0.15, 0.2) is 22.8 Å². The summed E-state index contributed by atoms with van der Waals surface area (Å²) in [7, 11) is 0. The summed E-state index contributed by atoms with van der Waals surface area (Å²) in [6.45, 7) is 13.8. The van der Waals surface area contributed by atoms with Crippen LogP contribution in [0.25, 0.3) is 0 Å². The first-order valence-electron chi connectivity index (χ1n) is 25.4. The highest BCUT2D eigenvalue weighted by molar-refractivity contribution is 5.79. The molecule has 8 rings (SSSR count). The first-order valence-corrected chi connectivity index (χ1v) is 25.4. The van der Waals surface area contributed by atoms with Gasteiger partial charge in [0.15, 0.2) is 18.7 Å². The fourth-order valence-corrected chi connectivity index (χ4v) is 15.6. The van der Waals surface area contributed by atoms with Crippen LogP contribution < -0.4 is 0 Å². The van der Waals surface area contributed by atoms with Crippen molar-refractivity contribution in [3.63, 3.8) is 0 Å². The molecule has 8 aliphatic rings. The van der Waals surface area contributed by atoms with E-state index < -0.39 is 163 Å². The lowest BCUT2D eigenvalue weighted by molar-refractivity contribution is -0.378. The van der Waals surface area contributed by atoms with Crippen LogP contribution in [0, 0.1) is 50.7 Å². The molecule has 0 spiro atoms. The van der Waals surface area contributed by atoms with Crippen molar-refractivity contribution in [2.75, 3.05) is 19.8 Å². The highest BCUT2D eigenvalue weighted by atomic mass is 16.8. The molecule has 0 aromatic rings. The molecule has 0 radical (unpaired) electrons. The van der Waals surface area contributed by atoms with Gasteiger partial charge in [-0.15, -0.1) is 0 Å². The summed E-state index contributed by atoms with van der Waals surface area (Å²) in [6.07, 6.45) is -19.1. The molecule has 6 fully saturated rings. The van der Waals surface area contributed by atoms with Crippen molar-refractivity contribution in [3.8, 4) is 0 Å². The second-order valence-corrected chi connectivity index (χ2v) is 23.7. The fourth-order valence-electron chi connectivity index (χ4n) is 15.6. The summed E-state index contributed by atoms with van der Waals surface area (Å²) >= 11 is 0. The Kier molecular flexibility index (Phi) is 15.1. The van der Waals surface area contributed by atoms with Gasteiger partial charge in [0, 0.05) is 31.6 Å². The number of aliphatic hydroxyl groups excluding tert-OH is 8. The molecule has 21 heteroatoms. The molecule has 0 bridgehead atoms. The number of fused-ring (bicyclic) bond motifs is 7. The van der Waals surface area contributed by atoms with Crippen LogP contribution in [0.3, 0.4) is 0 Å². The number of carbonyl (C=O) groups excluding carboxylic acids is 2. The van der Waals surface area contributed by atoms with Crippen molar-refractivity contribution in [1.82, 2.24) is 0 Å². The number of hydrogen-bond acceptors (Lipinski definition) is 19. The SMILES string of the molecule is CC(=O)OC[C@]1(C)C[C@H]2C3=CC[C@@H]4[C@@]5(C)CC[C@H]([C@@H]6O[C@H](C(=O)O)[C@@H](O)[C@H](O)[C@H]6O[C@@H]6O[C@H](CO)[C@@H](O)[C@H](O)[C@H]6O[C@@H]6OC[C@@H](O)[C@H](O)[C@H]6O)C(C)(C)[C@@H]5CC[C@@]4(C)C3=C(C)C[C@@]2(C(=O)O)C[C@@H]1OC(C)=O. The standard InChI is InChI=1S/C51H76O21/c1-21-15-51(46(64)65)17-31(68-23(3)54)48(6,20-67-22(2)53)16-26(51)24-9-10-30-49(7)13-11-25(47(4,5)29(49)12-14-50(30,8)32(21)24)39-40(36(59)37(60)41(70-39)43(62)63)71-45-42(35(58)34(57)28(18-52)69-45)72-44-38(61)33(56)27(55)19-66-44/h9,25-31,33-42,44-45,52,55-61H,10-20H2,1-8H3,(H,62,63)(H,64,65)/t25-,26+,27-,28-,29+,30-,31+,33+,34-,35+,36+,37+,38-,39+,40-,41+,42-,44+,45+,48+,49+,50-,51-/m1/s1. The van der Waals surface area contributed by atoms with Gasteiger partial charge in [0.05, 0.1) is 24.7 Å². The Labute approximate surface area is 418 Å². The molecule has 0 unspecified atom stereocenters. The minimum Gasteiger partial charge on any atom is -0.481 e. The maximum atomic E-state index is 13.7. The van der Waals surface area contributed by atoms with Crippen LogP contribution in [0.2, 0.25) is 0 Å². The van der Waals surface area contributed by atoms with Crippen LogP contribution in [-0.4, -0.2) is 187 Å². The van der Waals surface area contributed by atoms with Crippen LogP contribution in [0.5, 0.6) is 0 Å². The first-order chi connectivity index (χ1) is 33.6. The number of esters is 2. The molecule has 3 heterocycles. The molecule has 0 aromatic carbocycles. The Balaban J connectivity index is 1.11. The van der Waals surface area contributed by atoms with Crippen molar-refractivity contribution in [2.24, 2.45) is 50.7 Å². The third kappa shape index (κ3) is 8.96. The van der Waals surface area contributed by atoms with E-state index in [4.69, 9.17) is 33.2 Å². The van der Waals surface area contributed by atoms with Crippen LogP contribution in [0.4, 0.5) is 0 Å². The van der Waals surface area contributed by atoms with Gasteiger partial charge in [0.1, 0.15) is 73.8 Å². The zero-order valence-corrected chi connectivity index (χ0v) is 42.3. The molecular weight excluding hydrogens is 949 g/mol. The largest absolute Gasteiger partial charge is 0.481 e. The molecule has 72 heavy (non-hydrogen) atoms. The molecular formula is C51H76O21. The smallest absolute Gasteiger partial charge is 0.335 e. The minimum absolute atomic E-state index is 0.0442. The number of hydrogen-bond donors (Lipinski definition) is 10. The minimum atomic E-state index is -2.02. The molecule has 23 atom stereocenters. The predicted octanol–water partition coefficient (Wildman–Crippen LogP) is 0.716. The molecule has 0 amide bonds. The number of rotatable bonds is 11. The van der Waals surface area contributed by atoms with E-state index in [1.807, 2.05) is 13.8 Å². The number of carboxylic acids is 2. The van der Waals surface area contributed by atoms with Crippen LogP contribution in [-0.2, 0) is 52.3 Å². The van der Waals surface area contributed by atoms with Crippen molar-refractivity contribution in [1.29, 1.82) is 0 Å². The maximum Gasteiger partial charge on any atom is 0.335 e. The van der Waals surface area contributed by atoms with E-state index in [0.717, 1.165) is 16.7 Å². The van der Waals surface area contributed by atoms with Gasteiger partial charge in [-0.2, -0.15) is 0 Å². The molecule has 0 aromatic heterocycles. The van der Waals surface area contributed by atoms with Crippen molar-refractivity contribution >= 4 is 23.9 Å². The molecule has 21 nitrogen and oxygen atoms in total. The number of allylic oxidation sites excluding steroid dienone is 4. The second-order valence-electron chi connectivity index (χ2n) is 23.7. The van der Waals surface area contributed by atoms with Gasteiger partial charge in [-0.25, -0.2) is 4.79 Å². The lowest BCUT2D eigenvalue weighted by atomic mass is 9.37. The van der Waals surface area contributed by atoms with Gasteiger partial charge >= 0.3 is 23.9 Å². The second kappa shape index (κ2) is 19.8. The summed E-state index contributed by atoms with van der Waals surface area (Å²) in [5.41, 5.74) is -0.572. The number of carbonyl (C=O) groups is 4. The molecule has 3 aliphatic heterocycles. The summed E-state index contributed by atoms with van der Waals surface area (Å²) < 4.78 is 41.4. The van der Waals surface area contributed by atoms with E-state index in [2.05, 4.69) is 33.8 Å². The third-order valence-electron chi connectivity index (χ3n) is 19.1. The number of aliphatic carboxylic acids is 2. The van der Waals surface area contributed by atoms with Crippen molar-refractivity contribution in [2.45, 2.75) is 199 Å². The van der Waals surface area contributed by atoms with E-state index in [1.165, 1.54) is 13.8 Å². The van der Waals surface area contributed by atoms with Gasteiger partial charge in [-0.05, 0) is 97.0 Å². The highest BCUT2D eigenvalue weighted by Gasteiger charge is 2.68. The first kappa shape index (κ1) is 55.1. The summed E-state index contributed by atoms with van der Waals surface area (Å²) in [5, 5.41) is 108. The Morgan fingerprint density at radius 2 is 1.43 bits per heavy atom. The van der Waals surface area contributed by atoms with E-state index >= 15 is 0 Å². The van der Waals surface area contributed by atoms with Gasteiger partial charge in [0.25, 0.3) is 0 Å². The number of carboxylic acid groups (broad SMARTS) is 2. The van der Waals surface area contributed by atoms with E-state index in [9.17, 15) is 70.2 Å². The van der Waals surface area contributed by atoms with Gasteiger partial charge < -0.3 is 84.2 Å². The normalized spacial score (nSPS) is 48.9. The van der Waals surface area contributed by atoms with Gasteiger partial charge in [0.2, 0.25) is 0 Å². The van der Waals surface area contributed by atoms with Gasteiger partial charge in [-0.3, -0.25) is 14.4 Å². The van der Waals surface area contributed by atoms with Crippen LogP contribution in [0.1, 0.15) is 107 Å². The molecule has 3 saturated heterocycles. The summed E-state index contributed by atoms with van der Waals surface area (Å²) in [4.78, 5) is 50.9. The van der Waals surface area contributed by atoms with E-state index in [-0.39, 0.29) is 36.7 Å². The molecule has 406 valence electrons. The Hall–Kier alpha value is -3.16. The Morgan fingerprint density at radius 1 is 0.764 bits per heavy atom. The monoisotopic (exact) mass is 1020 g/mol. The summed E-state index contributed by atoms with van der Waals surface area (Å²) in [5.74, 6) is -4.59. The predicted molar refractivity (Wildman–Crippen MR) is 246 cm³/mol. The lowest BCUT2D eigenvalue weighted by Crippen LogP contribution is -2.69. The zero-order chi connectivity index (χ0) is 52.9. The zero-order valence-electron chi connectivity index (χ0n) is 42.3. The quantitative estimate of drug-likeness (QED) is 0.127. The van der Waals surface area contributed by atoms with Gasteiger partial charge in [-0.1, -0.05) is 46.3 Å². The topological polar surface area (TPSA) is 335 Å². The fraction of sp³-hybridized carbons (Fsp3) is 0.843. The van der Waals surface area contributed by atoms with Crippen LogP contribution >= 0.6 is 0 Å². The maximum absolute atomic E-state index is 13.7. The Bertz CT molecular complexity index is 2160. The molecule has 5 aliphatic carbocycles. The average Bonchev–Trinajstić information content (AvgIpc) is 3.29. The third-order valence-corrected chi connectivity index (χ3v) is 19.1. The van der Waals surface area contributed by atoms with Crippen molar-refractivity contribution < 1.29 is 103 Å². The molecule has 10 N–H and O–H groups in total. The van der Waals surface area contributed by atoms with Crippen molar-refractivity contribution in [3.05, 3.63) is 22.8 Å². The Morgan fingerprint density at radius 3 is 2.06 bits per heavy atom. The average molecular weight is 1030 g/mol. The van der Waals surface area contributed by atoms with E-state index in [0.29, 0.717) is 38.5 Å². The summed E-state index contributed by atoms with van der Waals surface area (Å²) in [6, 6.07) is 0. The molecule has 3 saturated carbocycles. The number of ether oxygens (including phenoxy) is 7.